The van der Waals surface area contributed by atoms with Gasteiger partial charge >= 0.3 is 0 Å². The minimum Gasteiger partial charge on any atom is -0.461 e. The number of carbonyl (C=O) groups is 1. The van der Waals surface area contributed by atoms with Crippen LogP contribution in [0.15, 0.2) is 51.6 Å². The summed E-state index contributed by atoms with van der Waals surface area (Å²) in [6.07, 6.45) is 1.57. The van der Waals surface area contributed by atoms with Gasteiger partial charge in [-0.25, -0.2) is 0 Å². The maximum absolute atomic E-state index is 11.5. The van der Waals surface area contributed by atoms with E-state index in [0.717, 1.165) is 5.56 Å². The van der Waals surface area contributed by atoms with Gasteiger partial charge in [0.15, 0.2) is 5.76 Å². The average molecular weight is 326 g/mol. The second-order valence-electron chi connectivity index (χ2n) is 5.44. The van der Waals surface area contributed by atoms with Gasteiger partial charge in [0.2, 0.25) is 11.7 Å². The van der Waals surface area contributed by atoms with Crippen LogP contribution in [0.3, 0.4) is 0 Å². The van der Waals surface area contributed by atoms with Crippen LogP contribution in [-0.2, 0) is 13.1 Å². The number of rotatable bonds is 6. The van der Waals surface area contributed by atoms with Gasteiger partial charge in [0, 0.05) is 19.2 Å². The first-order valence-corrected chi connectivity index (χ1v) is 7.51. The molecule has 124 valence electrons. The Balaban J connectivity index is 1.59. The van der Waals surface area contributed by atoms with Gasteiger partial charge in [-0.15, -0.1) is 0 Å². The van der Waals surface area contributed by atoms with E-state index in [2.05, 4.69) is 15.5 Å². The van der Waals surface area contributed by atoms with Crippen molar-refractivity contribution in [2.24, 2.45) is 0 Å². The highest BCUT2D eigenvalue weighted by Gasteiger charge is 2.13. The number of hydrogen-bond donors (Lipinski definition) is 1. The number of nitrogens with zero attached hydrogens (tertiary/aromatic N) is 3. The summed E-state index contributed by atoms with van der Waals surface area (Å²) in [7, 11) is 3.58. The van der Waals surface area contributed by atoms with E-state index in [0.29, 0.717) is 36.1 Å². The lowest BCUT2D eigenvalue weighted by atomic mass is 10.1. The Morgan fingerprint density at radius 1 is 1.21 bits per heavy atom. The molecule has 0 radical (unpaired) electrons. The Morgan fingerprint density at radius 2 is 2.00 bits per heavy atom. The molecule has 0 bridgehead atoms. The third-order valence-electron chi connectivity index (χ3n) is 3.51. The molecular formula is C17H18N4O3. The molecule has 0 saturated heterocycles. The molecule has 3 rings (SSSR count). The zero-order valence-electron chi connectivity index (χ0n) is 13.5. The summed E-state index contributed by atoms with van der Waals surface area (Å²) in [5.41, 5.74) is 1.74. The van der Waals surface area contributed by atoms with Gasteiger partial charge in [0.25, 0.3) is 5.91 Å². The third-order valence-corrected chi connectivity index (χ3v) is 3.51. The van der Waals surface area contributed by atoms with Crippen molar-refractivity contribution in [2.45, 2.75) is 13.1 Å². The fourth-order valence-electron chi connectivity index (χ4n) is 2.33. The van der Waals surface area contributed by atoms with Crippen LogP contribution in [0, 0.1) is 0 Å². The minimum absolute atomic E-state index is 0.0915. The molecule has 7 nitrogen and oxygen atoms in total. The molecule has 1 N–H and O–H groups in total. The van der Waals surface area contributed by atoms with Crippen LogP contribution in [0.5, 0.6) is 0 Å². The third kappa shape index (κ3) is 3.69. The Kier molecular flexibility index (Phi) is 4.72. The molecule has 2 aromatic heterocycles. The van der Waals surface area contributed by atoms with Crippen molar-refractivity contribution in [1.82, 2.24) is 20.4 Å². The zero-order chi connectivity index (χ0) is 16.9. The number of amides is 1. The summed E-state index contributed by atoms with van der Waals surface area (Å²) < 4.78 is 10.5. The average Bonchev–Trinajstić information content (AvgIpc) is 3.26. The number of carbonyl (C=O) groups excluding carboxylic acids is 1. The van der Waals surface area contributed by atoms with Gasteiger partial charge in [0.05, 0.1) is 12.8 Å². The van der Waals surface area contributed by atoms with Crippen LogP contribution in [0.4, 0.5) is 0 Å². The van der Waals surface area contributed by atoms with Gasteiger partial charge in [-0.2, -0.15) is 4.98 Å². The van der Waals surface area contributed by atoms with Crippen LogP contribution in [0.1, 0.15) is 21.8 Å². The zero-order valence-corrected chi connectivity index (χ0v) is 13.5. The molecule has 0 aliphatic heterocycles. The van der Waals surface area contributed by atoms with E-state index in [9.17, 15) is 4.79 Å². The van der Waals surface area contributed by atoms with E-state index in [1.54, 1.807) is 25.4 Å². The van der Waals surface area contributed by atoms with E-state index in [-0.39, 0.29) is 5.91 Å². The van der Waals surface area contributed by atoms with E-state index >= 15 is 0 Å². The van der Waals surface area contributed by atoms with Crippen molar-refractivity contribution in [3.05, 3.63) is 59.7 Å². The number of aromatic nitrogens is 2. The lowest BCUT2D eigenvalue weighted by Gasteiger charge is -2.14. The first-order chi connectivity index (χ1) is 11.7. The Labute approximate surface area is 139 Å². The summed E-state index contributed by atoms with van der Waals surface area (Å²) >= 11 is 0. The molecule has 0 aliphatic rings. The molecule has 1 amide bonds. The topological polar surface area (TPSA) is 84.4 Å². The second kappa shape index (κ2) is 7.10. The standard InChI is InChI=1S/C17H18N4O3/c1-18-17(22)13-7-5-12(6-8-13)10-21(2)11-15-19-16(20-24-15)14-4-3-9-23-14/h3-9H,10-11H2,1-2H3,(H,18,22). The second-order valence-corrected chi connectivity index (χ2v) is 5.44. The van der Waals surface area contributed by atoms with Crippen molar-refractivity contribution in [1.29, 1.82) is 0 Å². The Hall–Kier alpha value is -2.93. The molecule has 3 aromatic rings. The van der Waals surface area contributed by atoms with Gasteiger partial charge < -0.3 is 14.3 Å². The molecule has 7 heteroatoms. The SMILES string of the molecule is CNC(=O)c1ccc(CN(C)Cc2nc(-c3ccco3)no2)cc1. The van der Waals surface area contributed by atoms with Gasteiger partial charge in [0.1, 0.15) is 0 Å². The first kappa shape index (κ1) is 15.9. The fourth-order valence-corrected chi connectivity index (χ4v) is 2.33. The number of hydrogen-bond acceptors (Lipinski definition) is 6. The molecule has 0 fully saturated rings. The van der Waals surface area contributed by atoms with Crippen LogP contribution in [0.25, 0.3) is 11.6 Å². The highest BCUT2D eigenvalue weighted by Crippen LogP contribution is 2.16. The highest BCUT2D eigenvalue weighted by molar-refractivity contribution is 5.93. The van der Waals surface area contributed by atoms with E-state index in [1.807, 2.05) is 36.2 Å². The molecule has 0 unspecified atom stereocenters. The summed E-state index contributed by atoms with van der Waals surface area (Å²) in [5.74, 6) is 1.45. The first-order valence-electron chi connectivity index (χ1n) is 7.51. The van der Waals surface area contributed by atoms with Crippen LogP contribution < -0.4 is 5.32 Å². The van der Waals surface area contributed by atoms with Gasteiger partial charge in [-0.1, -0.05) is 17.3 Å². The lowest BCUT2D eigenvalue weighted by molar-refractivity contribution is 0.0963. The summed E-state index contributed by atoms with van der Waals surface area (Å²) in [6.45, 7) is 1.22. The number of benzene rings is 1. The molecule has 2 heterocycles. The molecule has 0 aliphatic carbocycles. The van der Waals surface area contributed by atoms with Gasteiger partial charge in [-0.3, -0.25) is 9.69 Å². The molecular weight excluding hydrogens is 308 g/mol. The van der Waals surface area contributed by atoms with E-state index in [1.165, 1.54) is 0 Å². The molecule has 1 aromatic carbocycles. The van der Waals surface area contributed by atoms with Crippen LogP contribution in [0.2, 0.25) is 0 Å². The molecule has 0 saturated carbocycles. The normalized spacial score (nSPS) is 11.0. The van der Waals surface area contributed by atoms with Crippen molar-refractivity contribution in [2.75, 3.05) is 14.1 Å². The van der Waals surface area contributed by atoms with Crippen LogP contribution in [-0.4, -0.2) is 35.0 Å². The smallest absolute Gasteiger partial charge is 0.251 e. The fraction of sp³-hybridized carbons (Fsp3) is 0.235. The summed E-state index contributed by atoms with van der Waals surface area (Å²) in [5, 5.41) is 6.51. The highest BCUT2D eigenvalue weighted by atomic mass is 16.5. The summed E-state index contributed by atoms with van der Waals surface area (Å²) in [6, 6.07) is 11.0. The molecule has 24 heavy (non-hydrogen) atoms. The quantitative estimate of drug-likeness (QED) is 0.748. The van der Waals surface area contributed by atoms with Crippen molar-refractivity contribution in [3.8, 4) is 11.6 Å². The van der Waals surface area contributed by atoms with Crippen LogP contribution >= 0.6 is 0 Å². The predicted molar refractivity (Wildman–Crippen MR) is 87.0 cm³/mol. The van der Waals surface area contributed by atoms with Crippen molar-refractivity contribution < 1.29 is 13.7 Å². The Bertz CT molecular complexity index is 794. The van der Waals surface area contributed by atoms with Crippen molar-refractivity contribution >= 4 is 5.91 Å². The molecule has 0 spiro atoms. The maximum Gasteiger partial charge on any atom is 0.251 e. The number of furan rings is 1. The van der Waals surface area contributed by atoms with E-state index in [4.69, 9.17) is 8.94 Å². The van der Waals surface area contributed by atoms with Gasteiger partial charge in [-0.05, 0) is 36.9 Å². The number of nitrogens with one attached hydrogen (secondary N) is 1. The monoisotopic (exact) mass is 326 g/mol. The largest absolute Gasteiger partial charge is 0.461 e. The minimum atomic E-state index is -0.0915. The predicted octanol–water partition coefficient (Wildman–Crippen LogP) is 2.32. The van der Waals surface area contributed by atoms with Crippen molar-refractivity contribution in [3.63, 3.8) is 0 Å². The van der Waals surface area contributed by atoms with E-state index < -0.39 is 0 Å². The maximum atomic E-state index is 11.5. The summed E-state index contributed by atoms with van der Waals surface area (Å²) in [4.78, 5) is 17.9. The molecule has 0 atom stereocenters. The lowest BCUT2D eigenvalue weighted by Crippen LogP contribution is -2.19. The Morgan fingerprint density at radius 3 is 2.67 bits per heavy atom.